The van der Waals surface area contributed by atoms with Gasteiger partial charge in [-0.2, -0.15) is 0 Å². The van der Waals surface area contributed by atoms with E-state index in [2.05, 4.69) is 27.7 Å². The maximum absolute atomic E-state index is 13.1. The van der Waals surface area contributed by atoms with Gasteiger partial charge in [-0.1, -0.05) is 59.1 Å². The summed E-state index contributed by atoms with van der Waals surface area (Å²) in [6.45, 7) is 8.37. The van der Waals surface area contributed by atoms with Crippen molar-refractivity contribution in [1.29, 1.82) is 0 Å². The zero-order valence-corrected chi connectivity index (χ0v) is 20.7. The Bertz CT molecular complexity index is 979. The van der Waals surface area contributed by atoms with Crippen LogP contribution in [0.1, 0.15) is 92.3 Å². The van der Waals surface area contributed by atoms with E-state index in [9.17, 15) is 9.59 Å². The number of amides is 2. The molecule has 33 heavy (non-hydrogen) atoms. The van der Waals surface area contributed by atoms with Gasteiger partial charge in [0.1, 0.15) is 11.5 Å². The van der Waals surface area contributed by atoms with E-state index in [0.717, 1.165) is 42.4 Å². The number of hydrogen-bond acceptors (Lipinski definition) is 4. The van der Waals surface area contributed by atoms with Crippen molar-refractivity contribution in [3.8, 4) is 11.5 Å². The molecule has 2 unspecified atom stereocenters. The third-order valence-corrected chi connectivity index (χ3v) is 6.15. The molecule has 180 valence electrons. The van der Waals surface area contributed by atoms with E-state index < -0.39 is 17.7 Å². The number of carbonyl (C=O) groups excluding carboxylic acids is 2. The third-order valence-electron chi connectivity index (χ3n) is 6.15. The molecule has 6 nitrogen and oxygen atoms in total. The molecule has 0 aliphatic carbocycles. The van der Waals surface area contributed by atoms with Gasteiger partial charge in [0.15, 0.2) is 0 Å². The van der Waals surface area contributed by atoms with E-state index in [0.29, 0.717) is 17.1 Å². The molecule has 2 rings (SSSR count). The van der Waals surface area contributed by atoms with Crippen molar-refractivity contribution in [1.82, 2.24) is 0 Å². The fourth-order valence-corrected chi connectivity index (χ4v) is 4.47. The Kier molecular flexibility index (Phi) is 8.91. The molecule has 2 aromatic rings. The minimum atomic E-state index is -0.655. The van der Waals surface area contributed by atoms with E-state index in [-0.39, 0.29) is 11.3 Å². The number of rotatable bonds is 11. The maximum atomic E-state index is 13.1. The number of ether oxygens (including phenoxy) is 2. The monoisotopic (exact) mass is 454 g/mol. The summed E-state index contributed by atoms with van der Waals surface area (Å²) in [6, 6.07) is 11.0. The average molecular weight is 455 g/mol. The van der Waals surface area contributed by atoms with Gasteiger partial charge in [-0.15, -0.1) is 0 Å². The molecule has 2 atom stereocenters. The second-order valence-corrected chi connectivity index (χ2v) is 9.51. The van der Waals surface area contributed by atoms with E-state index in [1.165, 1.54) is 0 Å². The summed E-state index contributed by atoms with van der Waals surface area (Å²) >= 11 is 0. The fraction of sp³-hybridized carbons (Fsp3) is 0.481. The number of primary amides is 2. The van der Waals surface area contributed by atoms with Crippen molar-refractivity contribution >= 4 is 11.8 Å². The van der Waals surface area contributed by atoms with Crippen LogP contribution < -0.4 is 20.9 Å². The van der Waals surface area contributed by atoms with Crippen LogP contribution in [0.4, 0.5) is 0 Å². The summed E-state index contributed by atoms with van der Waals surface area (Å²) in [5.41, 5.74) is 14.4. The number of unbranched alkanes of at least 4 members (excludes halogenated alkanes) is 2. The van der Waals surface area contributed by atoms with E-state index in [4.69, 9.17) is 20.9 Å². The normalized spacial score (nSPS) is 13.3. The van der Waals surface area contributed by atoms with Gasteiger partial charge in [0.05, 0.1) is 20.1 Å². The Hall–Kier alpha value is -3.02. The fourth-order valence-electron chi connectivity index (χ4n) is 4.47. The minimum absolute atomic E-state index is 0.237. The van der Waals surface area contributed by atoms with Crippen molar-refractivity contribution in [3.63, 3.8) is 0 Å². The SMILES string of the molecule is CCCCCC(c1ccc(OC)cc1OC)C(C(N)=O)c1cc(C(N)=O)ccc1C(C)(C)C. The van der Waals surface area contributed by atoms with Crippen LogP contribution in [0.15, 0.2) is 36.4 Å². The topological polar surface area (TPSA) is 105 Å². The van der Waals surface area contributed by atoms with Crippen LogP contribution in [0.25, 0.3) is 0 Å². The number of nitrogens with two attached hydrogens (primary N) is 2. The predicted molar refractivity (Wildman–Crippen MR) is 132 cm³/mol. The molecule has 0 saturated carbocycles. The zero-order chi connectivity index (χ0) is 24.8. The quantitative estimate of drug-likeness (QED) is 0.464. The molecule has 4 N–H and O–H groups in total. The van der Waals surface area contributed by atoms with Crippen LogP contribution in [0.3, 0.4) is 0 Å². The van der Waals surface area contributed by atoms with Crippen molar-refractivity contribution in [2.24, 2.45) is 11.5 Å². The first-order valence-electron chi connectivity index (χ1n) is 11.5. The number of methoxy groups -OCH3 is 2. The molecule has 6 heteroatoms. The molecule has 0 saturated heterocycles. The van der Waals surface area contributed by atoms with Crippen molar-refractivity contribution in [3.05, 3.63) is 58.7 Å². The van der Waals surface area contributed by atoms with Gasteiger partial charge in [-0.3, -0.25) is 9.59 Å². The van der Waals surface area contributed by atoms with Crippen LogP contribution >= 0.6 is 0 Å². The van der Waals surface area contributed by atoms with Crippen LogP contribution in [-0.2, 0) is 10.2 Å². The van der Waals surface area contributed by atoms with E-state index >= 15 is 0 Å². The lowest BCUT2D eigenvalue weighted by Crippen LogP contribution is -2.30. The summed E-state index contributed by atoms with van der Waals surface area (Å²) in [7, 11) is 3.21. The highest BCUT2D eigenvalue weighted by atomic mass is 16.5. The second-order valence-electron chi connectivity index (χ2n) is 9.51. The Labute approximate surface area is 197 Å². The lowest BCUT2D eigenvalue weighted by Gasteiger charge is -2.32. The van der Waals surface area contributed by atoms with Crippen LogP contribution in [0.2, 0.25) is 0 Å². The minimum Gasteiger partial charge on any atom is -0.497 e. The lowest BCUT2D eigenvalue weighted by atomic mass is 9.72. The molecule has 0 fully saturated rings. The molecule has 2 aromatic carbocycles. The van der Waals surface area contributed by atoms with Crippen LogP contribution in [0, 0.1) is 0 Å². The molecule has 0 aliphatic rings. The molecule has 0 bridgehead atoms. The molecular weight excluding hydrogens is 416 g/mol. The van der Waals surface area contributed by atoms with Crippen molar-refractivity contribution in [2.75, 3.05) is 14.2 Å². The second kappa shape index (κ2) is 11.2. The van der Waals surface area contributed by atoms with Gasteiger partial charge in [-0.25, -0.2) is 0 Å². The first-order chi connectivity index (χ1) is 15.5. The Morgan fingerprint density at radius 3 is 2.15 bits per heavy atom. The number of benzene rings is 2. The maximum Gasteiger partial charge on any atom is 0.248 e. The Balaban J connectivity index is 2.78. The first-order valence-corrected chi connectivity index (χ1v) is 11.5. The lowest BCUT2D eigenvalue weighted by molar-refractivity contribution is -0.120. The summed E-state index contributed by atoms with van der Waals surface area (Å²) in [5, 5.41) is 0. The van der Waals surface area contributed by atoms with E-state index in [1.54, 1.807) is 26.4 Å². The summed E-state index contributed by atoms with van der Waals surface area (Å²) < 4.78 is 11.1. The van der Waals surface area contributed by atoms with Crippen molar-refractivity contribution < 1.29 is 19.1 Å². The summed E-state index contributed by atoms with van der Waals surface area (Å²) in [6.07, 6.45) is 3.76. The van der Waals surface area contributed by atoms with Gasteiger partial charge in [0.25, 0.3) is 0 Å². The van der Waals surface area contributed by atoms with Gasteiger partial charge in [0.2, 0.25) is 11.8 Å². The highest BCUT2D eigenvalue weighted by molar-refractivity contribution is 5.94. The summed E-state index contributed by atoms with van der Waals surface area (Å²) in [5.74, 6) is -0.558. The van der Waals surface area contributed by atoms with Gasteiger partial charge >= 0.3 is 0 Å². The van der Waals surface area contributed by atoms with E-state index in [1.807, 2.05) is 24.3 Å². The van der Waals surface area contributed by atoms with Gasteiger partial charge in [-0.05, 0) is 46.7 Å². The average Bonchev–Trinajstić information content (AvgIpc) is 2.76. The molecule has 0 radical (unpaired) electrons. The Morgan fingerprint density at radius 2 is 1.64 bits per heavy atom. The molecule has 0 spiro atoms. The number of carbonyl (C=O) groups is 2. The zero-order valence-electron chi connectivity index (χ0n) is 20.7. The molecule has 0 heterocycles. The summed E-state index contributed by atoms with van der Waals surface area (Å²) in [4.78, 5) is 25.1. The highest BCUT2D eigenvalue weighted by Crippen LogP contribution is 2.45. The molecule has 0 aromatic heterocycles. The molecule has 0 aliphatic heterocycles. The molecule has 2 amide bonds. The third kappa shape index (κ3) is 6.28. The smallest absolute Gasteiger partial charge is 0.248 e. The van der Waals surface area contributed by atoms with Crippen LogP contribution in [0.5, 0.6) is 11.5 Å². The van der Waals surface area contributed by atoms with Crippen LogP contribution in [-0.4, -0.2) is 26.0 Å². The molecular formula is C27H38N2O4. The largest absolute Gasteiger partial charge is 0.497 e. The first kappa shape index (κ1) is 26.2. The predicted octanol–water partition coefficient (Wildman–Crippen LogP) is 5.03. The number of hydrogen-bond donors (Lipinski definition) is 2. The van der Waals surface area contributed by atoms with Crippen molar-refractivity contribution in [2.45, 2.75) is 70.6 Å². The highest BCUT2D eigenvalue weighted by Gasteiger charge is 2.35. The standard InChI is InChI=1S/C27H38N2O4/c1-7-8-9-10-20(19-13-12-18(32-5)16-23(19)33-6)24(26(29)31)21-15-17(25(28)30)11-14-22(21)27(2,3)4/h11-16,20,24H,7-10H2,1-6H3,(H2,28,30)(H2,29,31). The van der Waals surface area contributed by atoms with Gasteiger partial charge < -0.3 is 20.9 Å². The Morgan fingerprint density at radius 1 is 0.939 bits per heavy atom. The van der Waals surface area contributed by atoms with Gasteiger partial charge in [0, 0.05) is 17.5 Å².